The Morgan fingerprint density at radius 2 is 2.19 bits per heavy atom. The molecule has 1 fully saturated rings. The Bertz CT molecular complexity index is 652. The average molecular weight is 304 g/mol. The first-order valence-electron chi connectivity index (χ1n) is 7.22. The molecule has 1 aromatic heterocycles. The fourth-order valence-corrected chi connectivity index (χ4v) is 3.01. The third-order valence-corrected chi connectivity index (χ3v) is 4.22. The summed E-state index contributed by atoms with van der Waals surface area (Å²) in [6, 6.07) is 1.91. The number of nitrogens with two attached hydrogens (primary N) is 1. The first kappa shape index (κ1) is 14.2. The Hall–Kier alpha value is -1.74. The van der Waals surface area contributed by atoms with E-state index in [2.05, 4.69) is 16.0 Å². The van der Waals surface area contributed by atoms with E-state index < -0.39 is 0 Å². The second kappa shape index (κ2) is 5.94. The van der Waals surface area contributed by atoms with E-state index in [0.29, 0.717) is 10.7 Å². The van der Waals surface area contributed by atoms with Crippen molar-refractivity contribution < 1.29 is 4.79 Å². The van der Waals surface area contributed by atoms with Crippen LogP contribution in [0.2, 0.25) is 0 Å². The second-order valence-corrected chi connectivity index (χ2v) is 6.00. The van der Waals surface area contributed by atoms with Gasteiger partial charge in [0, 0.05) is 28.8 Å². The van der Waals surface area contributed by atoms with Crippen LogP contribution in [0.15, 0.2) is 22.9 Å². The number of amides is 1. The molecule has 5 heteroatoms. The first-order chi connectivity index (χ1) is 10.1. The zero-order chi connectivity index (χ0) is 14.8. The zero-order valence-electron chi connectivity index (χ0n) is 11.7. The lowest BCUT2D eigenvalue weighted by Gasteiger charge is -2.29. The maximum absolute atomic E-state index is 12.4. The Morgan fingerprint density at radius 3 is 3.00 bits per heavy atom. The SMILES string of the molecule is N[C@H]1CCCC[C@@H]1NC(=O)c1cc2c([nH]1)C=C=CC(Cl)=C2. The van der Waals surface area contributed by atoms with Crippen molar-refractivity contribution in [3.8, 4) is 0 Å². The van der Waals surface area contributed by atoms with Crippen LogP contribution >= 0.6 is 11.6 Å². The van der Waals surface area contributed by atoms with Crippen molar-refractivity contribution in [2.45, 2.75) is 37.8 Å². The topological polar surface area (TPSA) is 70.9 Å². The summed E-state index contributed by atoms with van der Waals surface area (Å²) in [6.45, 7) is 0. The number of aromatic amines is 1. The van der Waals surface area contributed by atoms with Gasteiger partial charge in [-0.05, 0) is 31.1 Å². The molecule has 0 bridgehead atoms. The van der Waals surface area contributed by atoms with Crippen molar-refractivity contribution in [1.82, 2.24) is 10.3 Å². The van der Waals surface area contributed by atoms with Gasteiger partial charge in [-0.25, -0.2) is 0 Å². The van der Waals surface area contributed by atoms with Crippen LogP contribution in [0.3, 0.4) is 0 Å². The smallest absolute Gasteiger partial charge is 0.268 e. The molecule has 2 atom stereocenters. The van der Waals surface area contributed by atoms with Gasteiger partial charge in [-0.15, -0.1) is 5.73 Å². The lowest BCUT2D eigenvalue weighted by Crippen LogP contribution is -2.49. The van der Waals surface area contributed by atoms with Crippen molar-refractivity contribution in [2.24, 2.45) is 5.73 Å². The number of aromatic nitrogens is 1. The van der Waals surface area contributed by atoms with E-state index in [0.717, 1.165) is 36.9 Å². The number of nitrogens with one attached hydrogen (secondary N) is 2. The van der Waals surface area contributed by atoms with Gasteiger partial charge in [0.05, 0.1) is 5.69 Å². The van der Waals surface area contributed by atoms with Gasteiger partial charge >= 0.3 is 0 Å². The van der Waals surface area contributed by atoms with E-state index in [4.69, 9.17) is 17.3 Å². The number of hydrogen-bond donors (Lipinski definition) is 3. The minimum Gasteiger partial charge on any atom is -0.350 e. The molecule has 0 aliphatic heterocycles. The maximum atomic E-state index is 12.4. The molecule has 1 heterocycles. The van der Waals surface area contributed by atoms with E-state index in [1.165, 1.54) is 0 Å². The molecule has 0 saturated heterocycles. The highest BCUT2D eigenvalue weighted by molar-refractivity contribution is 6.33. The predicted molar refractivity (Wildman–Crippen MR) is 84.9 cm³/mol. The molecule has 2 aliphatic rings. The minimum absolute atomic E-state index is 0.0488. The second-order valence-electron chi connectivity index (χ2n) is 5.56. The summed E-state index contributed by atoms with van der Waals surface area (Å²) in [6.07, 6.45) is 9.46. The maximum Gasteiger partial charge on any atom is 0.268 e. The lowest BCUT2D eigenvalue weighted by molar-refractivity contribution is 0.0917. The molecule has 0 spiro atoms. The van der Waals surface area contributed by atoms with E-state index in [1.807, 2.05) is 6.08 Å². The van der Waals surface area contributed by atoms with Crippen LogP contribution in [0.4, 0.5) is 0 Å². The van der Waals surface area contributed by atoms with Crippen LogP contribution in [0, 0.1) is 0 Å². The molecule has 1 aromatic rings. The molecule has 21 heavy (non-hydrogen) atoms. The molecule has 0 radical (unpaired) electrons. The van der Waals surface area contributed by atoms with Crippen LogP contribution in [0.25, 0.3) is 12.2 Å². The molecule has 2 aliphatic carbocycles. The van der Waals surface area contributed by atoms with Gasteiger partial charge in [-0.2, -0.15) is 0 Å². The summed E-state index contributed by atoms with van der Waals surface area (Å²) in [7, 11) is 0. The third kappa shape index (κ3) is 3.13. The highest BCUT2D eigenvalue weighted by atomic mass is 35.5. The zero-order valence-corrected chi connectivity index (χ0v) is 12.4. The number of allylic oxidation sites excluding steroid dienone is 2. The highest BCUT2D eigenvalue weighted by Crippen LogP contribution is 2.22. The number of rotatable bonds is 2. The molecule has 3 rings (SSSR count). The molecule has 110 valence electrons. The van der Waals surface area contributed by atoms with Crippen LogP contribution in [-0.4, -0.2) is 23.0 Å². The number of fused-ring (bicyclic) bond motifs is 1. The average Bonchev–Trinajstić information content (AvgIpc) is 2.76. The Labute approximate surface area is 128 Å². The predicted octanol–water partition coefficient (Wildman–Crippen LogP) is 2.78. The van der Waals surface area contributed by atoms with Crippen LogP contribution in [-0.2, 0) is 0 Å². The van der Waals surface area contributed by atoms with E-state index >= 15 is 0 Å². The van der Waals surface area contributed by atoms with Gasteiger partial charge in [-0.1, -0.05) is 24.4 Å². The van der Waals surface area contributed by atoms with Gasteiger partial charge in [0.25, 0.3) is 5.91 Å². The van der Waals surface area contributed by atoms with Crippen LogP contribution in [0.5, 0.6) is 0 Å². The summed E-state index contributed by atoms with van der Waals surface area (Å²) in [5.41, 5.74) is 11.3. The van der Waals surface area contributed by atoms with Crippen molar-refractivity contribution in [2.75, 3.05) is 0 Å². The summed E-state index contributed by atoms with van der Waals surface area (Å²) in [5.74, 6) is -0.118. The van der Waals surface area contributed by atoms with Gasteiger partial charge in [0.1, 0.15) is 5.69 Å². The van der Waals surface area contributed by atoms with Gasteiger partial charge in [0.2, 0.25) is 0 Å². The lowest BCUT2D eigenvalue weighted by atomic mass is 9.91. The fraction of sp³-hybridized carbons (Fsp3) is 0.375. The summed E-state index contributed by atoms with van der Waals surface area (Å²) in [4.78, 5) is 15.5. The van der Waals surface area contributed by atoms with Crippen molar-refractivity contribution in [1.29, 1.82) is 0 Å². The summed E-state index contributed by atoms with van der Waals surface area (Å²) in [5, 5.41) is 3.62. The molecular weight excluding hydrogens is 286 g/mol. The van der Waals surface area contributed by atoms with Crippen molar-refractivity contribution in [3.63, 3.8) is 0 Å². The molecule has 4 nitrogen and oxygen atoms in total. The first-order valence-corrected chi connectivity index (χ1v) is 7.60. The third-order valence-electron chi connectivity index (χ3n) is 4.00. The molecule has 0 aromatic carbocycles. The minimum atomic E-state index is -0.118. The standard InChI is InChI=1S/C16H18ClN3O/c17-11-4-3-7-13-10(8-11)9-15(19-13)16(21)20-14-6-2-1-5-12(14)18/h4,7-9,12,14,19H,1-2,5-6,18H2,(H,20,21)/t12-,14-/m0/s1. The van der Waals surface area contributed by atoms with Crippen LogP contribution in [0.1, 0.15) is 47.4 Å². The molecule has 1 saturated carbocycles. The van der Waals surface area contributed by atoms with Gasteiger partial charge in [-0.3, -0.25) is 4.79 Å². The number of hydrogen-bond acceptors (Lipinski definition) is 2. The monoisotopic (exact) mass is 303 g/mol. The molecule has 1 amide bonds. The molecule has 4 N–H and O–H groups in total. The molecule has 0 unspecified atom stereocenters. The highest BCUT2D eigenvalue weighted by Gasteiger charge is 2.24. The Kier molecular flexibility index (Phi) is 4.02. The fourth-order valence-electron chi connectivity index (χ4n) is 2.83. The number of carbonyl (C=O) groups excluding carboxylic acids is 1. The Balaban J connectivity index is 1.77. The summed E-state index contributed by atoms with van der Waals surface area (Å²) >= 11 is 6.00. The largest absolute Gasteiger partial charge is 0.350 e. The van der Waals surface area contributed by atoms with Crippen LogP contribution < -0.4 is 11.1 Å². The number of halogens is 1. The normalized spacial score (nSPS) is 24.2. The van der Waals surface area contributed by atoms with Gasteiger partial charge < -0.3 is 16.0 Å². The van der Waals surface area contributed by atoms with E-state index in [-0.39, 0.29) is 18.0 Å². The van der Waals surface area contributed by atoms with E-state index in [1.54, 1.807) is 18.2 Å². The van der Waals surface area contributed by atoms with E-state index in [9.17, 15) is 4.79 Å². The van der Waals surface area contributed by atoms with Gasteiger partial charge in [0.15, 0.2) is 0 Å². The van der Waals surface area contributed by atoms with Crippen molar-refractivity contribution in [3.05, 3.63) is 39.9 Å². The number of H-pyrrole nitrogens is 1. The molecular formula is C16H18ClN3O. The Morgan fingerprint density at radius 1 is 1.38 bits per heavy atom. The number of carbonyl (C=O) groups is 1. The van der Waals surface area contributed by atoms with Crippen molar-refractivity contribution >= 4 is 29.7 Å². The summed E-state index contributed by atoms with van der Waals surface area (Å²) < 4.78 is 0. The quantitative estimate of drug-likeness (QED) is 0.735.